The Morgan fingerprint density at radius 1 is 0.900 bits per heavy atom. The van der Waals surface area contributed by atoms with E-state index < -0.39 is 17.8 Å². The highest BCUT2D eigenvalue weighted by Crippen LogP contribution is 2.25. The van der Waals surface area contributed by atoms with E-state index in [4.69, 9.17) is 14.5 Å². The summed E-state index contributed by atoms with van der Waals surface area (Å²) >= 11 is 0. The van der Waals surface area contributed by atoms with Crippen LogP contribution in [0.5, 0.6) is 0 Å². The monoisotopic (exact) mass is 414 g/mol. The normalized spacial score (nSPS) is 14.0. The average molecular weight is 414 g/mol. The van der Waals surface area contributed by atoms with Crippen LogP contribution in [-0.2, 0) is 19.1 Å². The molecule has 1 amide bonds. The number of hydrogen-bond acceptors (Lipinski definition) is 8. The maximum atomic E-state index is 12.6. The van der Waals surface area contributed by atoms with E-state index in [1.54, 1.807) is 13.8 Å². The second kappa shape index (κ2) is 9.06. The van der Waals surface area contributed by atoms with Crippen molar-refractivity contribution in [3.05, 3.63) is 29.0 Å². The molecule has 0 unspecified atom stereocenters. The molecule has 0 N–H and O–H groups in total. The number of aryl methyl sites for hydroxylation is 2. The maximum Gasteiger partial charge on any atom is 0.397 e. The van der Waals surface area contributed by atoms with Gasteiger partial charge in [0.05, 0.1) is 24.2 Å². The molecule has 0 spiro atoms. The van der Waals surface area contributed by atoms with Gasteiger partial charge in [0.1, 0.15) is 0 Å². The third kappa shape index (κ3) is 4.34. The van der Waals surface area contributed by atoms with E-state index in [1.807, 2.05) is 30.9 Å². The third-order valence-corrected chi connectivity index (χ3v) is 5.05. The maximum absolute atomic E-state index is 12.6. The fraction of sp³-hybridized carbons (Fsp3) is 0.476. The van der Waals surface area contributed by atoms with Crippen molar-refractivity contribution < 1.29 is 23.9 Å². The van der Waals surface area contributed by atoms with Gasteiger partial charge in [-0.1, -0.05) is 0 Å². The van der Waals surface area contributed by atoms with Crippen LogP contribution in [-0.4, -0.2) is 72.1 Å². The zero-order chi connectivity index (χ0) is 21.8. The number of piperazine rings is 1. The van der Waals surface area contributed by atoms with E-state index in [9.17, 15) is 14.4 Å². The smallest absolute Gasteiger partial charge is 0.397 e. The Hall–Kier alpha value is -3.23. The van der Waals surface area contributed by atoms with Gasteiger partial charge in [0.2, 0.25) is 0 Å². The molecule has 1 aliphatic heterocycles. The van der Waals surface area contributed by atoms with Crippen LogP contribution in [0.3, 0.4) is 0 Å². The number of rotatable bonds is 4. The SMILES string of the molecule is CCOC(=O)C(=O)N1CCN(c2nc3cc(C)c(C)cc3nc2C(=O)OCC)CC1. The molecule has 1 aromatic carbocycles. The fourth-order valence-corrected chi connectivity index (χ4v) is 3.30. The topological polar surface area (TPSA) is 102 Å². The molecule has 1 fully saturated rings. The third-order valence-electron chi connectivity index (χ3n) is 5.05. The Labute approximate surface area is 175 Å². The number of carbonyl (C=O) groups excluding carboxylic acids is 3. The minimum absolute atomic E-state index is 0.151. The largest absolute Gasteiger partial charge is 0.461 e. The fourth-order valence-electron chi connectivity index (χ4n) is 3.30. The quantitative estimate of drug-likeness (QED) is 0.550. The van der Waals surface area contributed by atoms with Gasteiger partial charge in [-0.3, -0.25) is 4.79 Å². The molecule has 30 heavy (non-hydrogen) atoms. The second-order valence-electron chi connectivity index (χ2n) is 7.04. The number of amides is 1. The van der Waals surface area contributed by atoms with Crippen molar-refractivity contribution >= 4 is 34.7 Å². The van der Waals surface area contributed by atoms with Crippen LogP contribution in [0.15, 0.2) is 12.1 Å². The summed E-state index contributed by atoms with van der Waals surface area (Å²) < 4.78 is 9.97. The summed E-state index contributed by atoms with van der Waals surface area (Å²) in [5.41, 5.74) is 3.60. The van der Waals surface area contributed by atoms with Crippen LogP contribution in [0.4, 0.5) is 5.82 Å². The van der Waals surface area contributed by atoms with Gasteiger partial charge in [-0.05, 0) is 51.0 Å². The van der Waals surface area contributed by atoms with E-state index in [0.29, 0.717) is 43.0 Å². The van der Waals surface area contributed by atoms with Crippen LogP contribution in [0.2, 0.25) is 0 Å². The summed E-state index contributed by atoms with van der Waals surface area (Å²) in [4.78, 5) is 49.0. The van der Waals surface area contributed by atoms with Crippen molar-refractivity contribution in [1.82, 2.24) is 14.9 Å². The number of fused-ring (bicyclic) bond motifs is 1. The molecule has 1 aliphatic rings. The first kappa shape index (κ1) is 21.5. The van der Waals surface area contributed by atoms with Crippen molar-refractivity contribution in [3.8, 4) is 0 Å². The van der Waals surface area contributed by atoms with Gasteiger partial charge in [-0.15, -0.1) is 0 Å². The van der Waals surface area contributed by atoms with Gasteiger partial charge >= 0.3 is 17.8 Å². The lowest BCUT2D eigenvalue weighted by Gasteiger charge is -2.35. The molecule has 0 saturated carbocycles. The summed E-state index contributed by atoms with van der Waals surface area (Å²) in [7, 11) is 0. The molecular formula is C21H26N4O5. The molecule has 0 radical (unpaired) electrons. The van der Waals surface area contributed by atoms with Crippen LogP contribution < -0.4 is 4.90 Å². The summed E-state index contributed by atoms with van der Waals surface area (Å²) in [5.74, 6) is -1.62. The van der Waals surface area contributed by atoms with Crippen molar-refractivity contribution in [2.24, 2.45) is 0 Å². The lowest BCUT2D eigenvalue weighted by Crippen LogP contribution is -2.51. The lowest BCUT2D eigenvalue weighted by atomic mass is 10.1. The predicted molar refractivity (Wildman–Crippen MR) is 110 cm³/mol. The molecule has 3 rings (SSSR count). The minimum Gasteiger partial charge on any atom is -0.461 e. The Kier molecular flexibility index (Phi) is 6.49. The number of anilines is 1. The Morgan fingerprint density at radius 3 is 2.03 bits per heavy atom. The van der Waals surface area contributed by atoms with E-state index in [-0.39, 0.29) is 18.9 Å². The number of hydrogen-bond donors (Lipinski definition) is 0. The number of nitrogens with zero attached hydrogens (tertiary/aromatic N) is 4. The molecule has 2 aromatic rings. The summed E-state index contributed by atoms with van der Waals surface area (Å²) in [6, 6.07) is 3.84. The van der Waals surface area contributed by atoms with Gasteiger partial charge in [0.25, 0.3) is 0 Å². The number of esters is 2. The Morgan fingerprint density at radius 2 is 1.47 bits per heavy atom. The van der Waals surface area contributed by atoms with Gasteiger partial charge < -0.3 is 19.3 Å². The zero-order valence-electron chi connectivity index (χ0n) is 17.7. The standard InChI is InChI=1S/C21H26N4O5/c1-5-29-20(27)17-18(23-16-12-14(4)13(3)11-15(16)22-17)24-7-9-25(10-8-24)19(26)21(28)30-6-2/h11-12H,5-10H2,1-4H3. The summed E-state index contributed by atoms with van der Waals surface area (Å²) in [6.45, 7) is 9.18. The molecule has 0 atom stereocenters. The van der Waals surface area contributed by atoms with Crippen LogP contribution in [0.25, 0.3) is 11.0 Å². The first-order valence-corrected chi connectivity index (χ1v) is 10.0. The highest BCUT2D eigenvalue weighted by atomic mass is 16.5. The predicted octanol–water partition coefficient (Wildman–Crippen LogP) is 1.64. The van der Waals surface area contributed by atoms with Crippen molar-refractivity contribution in [1.29, 1.82) is 0 Å². The molecule has 9 heteroatoms. The van der Waals surface area contributed by atoms with E-state index in [1.165, 1.54) is 4.90 Å². The van der Waals surface area contributed by atoms with E-state index in [0.717, 1.165) is 11.1 Å². The van der Waals surface area contributed by atoms with E-state index >= 15 is 0 Å². The molecule has 9 nitrogen and oxygen atoms in total. The van der Waals surface area contributed by atoms with Gasteiger partial charge in [0.15, 0.2) is 11.5 Å². The first-order chi connectivity index (χ1) is 14.3. The van der Waals surface area contributed by atoms with Gasteiger partial charge in [0, 0.05) is 26.2 Å². The van der Waals surface area contributed by atoms with Crippen molar-refractivity contribution in [2.75, 3.05) is 44.3 Å². The average Bonchev–Trinajstić information content (AvgIpc) is 2.73. The molecular weight excluding hydrogens is 388 g/mol. The van der Waals surface area contributed by atoms with Crippen LogP contribution in [0.1, 0.15) is 35.5 Å². The Bertz CT molecular complexity index is 983. The summed E-state index contributed by atoms with van der Waals surface area (Å²) in [5, 5.41) is 0. The van der Waals surface area contributed by atoms with Crippen LogP contribution >= 0.6 is 0 Å². The molecule has 1 aromatic heterocycles. The molecule has 2 heterocycles. The van der Waals surface area contributed by atoms with E-state index in [2.05, 4.69) is 4.98 Å². The lowest BCUT2D eigenvalue weighted by molar-refractivity contribution is -0.160. The number of carbonyl (C=O) groups is 3. The molecule has 1 saturated heterocycles. The first-order valence-electron chi connectivity index (χ1n) is 10.0. The molecule has 0 bridgehead atoms. The van der Waals surface area contributed by atoms with Crippen molar-refractivity contribution in [2.45, 2.75) is 27.7 Å². The summed E-state index contributed by atoms with van der Waals surface area (Å²) in [6.07, 6.45) is 0. The highest BCUT2D eigenvalue weighted by molar-refractivity contribution is 6.32. The van der Waals surface area contributed by atoms with Crippen LogP contribution in [0, 0.1) is 13.8 Å². The number of aromatic nitrogens is 2. The highest BCUT2D eigenvalue weighted by Gasteiger charge is 2.30. The minimum atomic E-state index is -0.852. The molecule has 0 aliphatic carbocycles. The Balaban J connectivity index is 1.90. The van der Waals surface area contributed by atoms with Gasteiger partial charge in [-0.25, -0.2) is 19.6 Å². The van der Waals surface area contributed by atoms with Crippen molar-refractivity contribution in [3.63, 3.8) is 0 Å². The number of benzene rings is 1. The van der Waals surface area contributed by atoms with Gasteiger partial charge in [-0.2, -0.15) is 0 Å². The second-order valence-corrected chi connectivity index (χ2v) is 7.04. The number of ether oxygens (including phenoxy) is 2. The zero-order valence-corrected chi connectivity index (χ0v) is 17.7. The molecule has 160 valence electrons.